The minimum atomic E-state index is 0.146. The fourth-order valence-electron chi connectivity index (χ4n) is 1.95. The maximum Gasteiger partial charge on any atom is 0.170 e. The van der Waals surface area contributed by atoms with Crippen LogP contribution in [0.1, 0.15) is 50.7 Å². The highest BCUT2D eigenvalue weighted by molar-refractivity contribution is 5.96. The molecule has 106 valence electrons. The molecule has 0 aliphatic heterocycles. The van der Waals surface area contributed by atoms with Gasteiger partial charge in [0.05, 0.1) is 0 Å². The first kappa shape index (κ1) is 15.5. The average molecular weight is 263 g/mol. The molecule has 0 saturated heterocycles. The highest BCUT2D eigenvalue weighted by Gasteiger charge is 2.02. The van der Waals surface area contributed by atoms with E-state index in [1.165, 1.54) is 31.2 Å². The van der Waals surface area contributed by atoms with Crippen LogP contribution in [0.15, 0.2) is 29.4 Å². The second-order valence-corrected chi connectivity index (χ2v) is 4.96. The smallest absolute Gasteiger partial charge is 0.170 e. The second-order valence-electron chi connectivity index (χ2n) is 4.96. The van der Waals surface area contributed by atoms with Gasteiger partial charge < -0.3 is 16.3 Å². The first-order valence-electron chi connectivity index (χ1n) is 6.97. The Morgan fingerprint density at radius 1 is 1.32 bits per heavy atom. The lowest BCUT2D eigenvalue weighted by Gasteiger charge is -2.13. The average Bonchev–Trinajstić information content (AvgIpc) is 2.45. The van der Waals surface area contributed by atoms with E-state index in [4.69, 9.17) is 10.9 Å². The Morgan fingerprint density at radius 3 is 2.58 bits per heavy atom. The van der Waals surface area contributed by atoms with Gasteiger partial charge in [0.15, 0.2) is 5.84 Å². The third kappa shape index (κ3) is 5.75. The van der Waals surface area contributed by atoms with E-state index in [1.54, 1.807) is 0 Å². The fraction of sp³-hybridized carbons (Fsp3) is 0.533. The predicted molar refractivity (Wildman–Crippen MR) is 79.4 cm³/mol. The number of hydrogen-bond donors (Lipinski definition) is 3. The molecule has 4 N–H and O–H groups in total. The molecule has 1 unspecified atom stereocenters. The van der Waals surface area contributed by atoms with Gasteiger partial charge in [0.25, 0.3) is 0 Å². The quantitative estimate of drug-likeness (QED) is 0.222. The van der Waals surface area contributed by atoms with Gasteiger partial charge in [0, 0.05) is 18.2 Å². The third-order valence-corrected chi connectivity index (χ3v) is 3.25. The standard InChI is InChI=1S/C15H25N3O/c1-3-4-5-6-12(2)17-11-13-7-9-14(10-8-13)15(16)18-19/h7-10,12,17,19H,3-6,11H2,1-2H3,(H2,16,18). The summed E-state index contributed by atoms with van der Waals surface area (Å²) in [5, 5.41) is 15.1. The molecule has 0 amide bonds. The Balaban J connectivity index is 2.37. The van der Waals surface area contributed by atoms with Crippen molar-refractivity contribution in [3.63, 3.8) is 0 Å². The van der Waals surface area contributed by atoms with Gasteiger partial charge in [0.2, 0.25) is 0 Å². The summed E-state index contributed by atoms with van der Waals surface area (Å²) in [5.74, 6) is 0.146. The summed E-state index contributed by atoms with van der Waals surface area (Å²) >= 11 is 0. The van der Waals surface area contributed by atoms with Gasteiger partial charge in [-0.2, -0.15) is 0 Å². The van der Waals surface area contributed by atoms with Gasteiger partial charge in [-0.3, -0.25) is 0 Å². The van der Waals surface area contributed by atoms with Crippen LogP contribution >= 0.6 is 0 Å². The SMILES string of the molecule is CCCCCC(C)NCc1ccc(C(N)=NO)cc1. The van der Waals surface area contributed by atoms with E-state index < -0.39 is 0 Å². The summed E-state index contributed by atoms with van der Waals surface area (Å²) in [5.41, 5.74) is 7.46. The summed E-state index contributed by atoms with van der Waals surface area (Å²) in [6.07, 6.45) is 5.08. The first-order valence-corrected chi connectivity index (χ1v) is 6.97. The zero-order valence-electron chi connectivity index (χ0n) is 11.9. The molecule has 1 aromatic rings. The lowest BCUT2D eigenvalue weighted by molar-refractivity contribution is 0.318. The summed E-state index contributed by atoms with van der Waals surface area (Å²) in [6, 6.07) is 8.27. The van der Waals surface area contributed by atoms with E-state index in [0.717, 1.165) is 12.1 Å². The number of unbranched alkanes of at least 4 members (excludes halogenated alkanes) is 2. The molecule has 0 fully saturated rings. The van der Waals surface area contributed by atoms with Crippen LogP contribution in [0, 0.1) is 0 Å². The molecule has 0 aliphatic rings. The molecule has 0 aliphatic carbocycles. The molecule has 0 aromatic heterocycles. The minimum absolute atomic E-state index is 0.146. The van der Waals surface area contributed by atoms with Crippen LogP contribution in [0.25, 0.3) is 0 Å². The molecule has 1 rings (SSSR count). The molecular formula is C15H25N3O. The molecule has 1 atom stereocenters. The number of amidine groups is 1. The van der Waals surface area contributed by atoms with Gasteiger partial charge in [0.1, 0.15) is 0 Å². The number of nitrogens with zero attached hydrogens (tertiary/aromatic N) is 1. The molecule has 0 bridgehead atoms. The van der Waals surface area contributed by atoms with Crippen molar-refractivity contribution in [3.8, 4) is 0 Å². The van der Waals surface area contributed by atoms with Gasteiger partial charge in [-0.15, -0.1) is 0 Å². The van der Waals surface area contributed by atoms with Gasteiger partial charge in [-0.25, -0.2) is 0 Å². The molecule has 0 heterocycles. The van der Waals surface area contributed by atoms with Gasteiger partial charge in [-0.05, 0) is 18.9 Å². The monoisotopic (exact) mass is 263 g/mol. The van der Waals surface area contributed by atoms with E-state index in [0.29, 0.717) is 6.04 Å². The van der Waals surface area contributed by atoms with E-state index in [1.807, 2.05) is 24.3 Å². The number of nitrogens with one attached hydrogen (secondary N) is 1. The number of rotatable bonds is 8. The lowest BCUT2D eigenvalue weighted by atomic mass is 10.1. The molecule has 4 nitrogen and oxygen atoms in total. The second kappa shape index (κ2) is 8.53. The number of nitrogens with two attached hydrogens (primary N) is 1. The summed E-state index contributed by atoms with van der Waals surface area (Å²) < 4.78 is 0. The number of oxime groups is 1. The van der Waals surface area contributed by atoms with Gasteiger partial charge >= 0.3 is 0 Å². The van der Waals surface area contributed by atoms with Crippen molar-refractivity contribution < 1.29 is 5.21 Å². The molecule has 19 heavy (non-hydrogen) atoms. The highest BCUT2D eigenvalue weighted by Crippen LogP contribution is 2.06. The lowest BCUT2D eigenvalue weighted by Crippen LogP contribution is -2.25. The Bertz CT molecular complexity index is 387. The van der Waals surface area contributed by atoms with Crippen LogP contribution in [-0.4, -0.2) is 17.1 Å². The van der Waals surface area contributed by atoms with Crippen molar-refractivity contribution in [3.05, 3.63) is 35.4 Å². The Kier molecular flexibility index (Phi) is 6.97. The van der Waals surface area contributed by atoms with Crippen molar-refractivity contribution in [1.82, 2.24) is 5.32 Å². The Hall–Kier alpha value is -1.55. The molecule has 0 saturated carbocycles. The van der Waals surface area contributed by atoms with E-state index in [-0.39, 0.29) is 5.84 Å². The summed E-state index contributed by atoms with van der Waals surface area (Å²) in [6.45, 7) is 5.30. The van der Waals surface area contributed by atoms with Crippen LogP contribution < -0.4 is 11.1 Å². The number of hydrogen-bond acceptors (Lipinski definition) is 3. The van der Waals surface area contributed by atoms with Crippen LogP contribution in [0.4, 0.5) is 0 Å². The number of benzene rings is 1. The van der Waals surface area contributed by atoms with Crippen LogP contribution in [0.5, 0.6) is 0 Å². The van der Waals surface area contributed by atoms with E-state index in [9.17, 15) is 0 Å². The van der Waals surface area contributed by atoms with Crippen LogP contribution in [-0.2, 0) is 6.54 Å². The first-order chi connectivity index (χ1) is 9.17. The molecule has 4 heteroatoms. The van der Waals surface area contributed by atoms with Gasteiger partial charge in [-0.1, -0.05) is 55.6 Å². The molecule has 0 spiro atoms. The zero-order chi connectivity index (χ0) is 14.1. The maximum absolute atomic E-state index is 8.59. The van der Waals surface area contributed by atoms with E-state index >= 15 is 0 Å². The summed E-state index contributed by atoms with van der Waals surface area (Å²) in [7, 11) is 0. The maximum atomic E-state index is 8.59. The summed E-state index contributed by atoms with van der Waals surface area (Å²) in [4.78, 5) is 0. The van der Waals surface area contributed by atoms with E-state index in [2.05, 4.69) is 24.3 Å². The topological polar surface area (TPSA) is 70.6 Å². The third-order valence-electron chi connectivity index (χ3n) is 3.25. The fourth-order valence-corrected chi connectivity index (χ4v) is 1.95. The van der Waals surface area contributed by atoms with Crippen molar-refractivity contribution in [1.29, 1.82) is 0 Å². The predicted octanol–water partition coefficient (Wildman–Crippen LogP) is 2.84. The molecular weight excluding hydrogens is 238 g/mol. The highest BCUT2D eigenvalue weighted by atomic mass is 16.4. The largest absolute Gasteiger partial charge is 0.409 e. The normalized spacial score (nSPS) is 13.5. The zero-order valence-corrected chi connectivity index (χ0v) is 11.9. The van der Waals surface area contributed by atoms with Crippen molar-refractivity contribution >= 4 is 5.84 Å². The van der Waals surface area contributed by atoms with Crippen LogP contribution in [0.3, 0.4) is 0 Å². The minimum Gasteiger partial charge on any atom is -0.409 e. The molecule has 1 aromatic carbocycles. The van der Waals surface area contributed by atoms with Crippen molar-refractivity contribution in [2.45, 2.75) is 52.1 Å². The Labute approximate surface area is 115 Å². The molecule has 0 radical (unpaired) electrons. The van der Waals surface area contributed by atoms with Crippen molar-refractivity contribution in [2.24, 2.45) is 10.9 Å². The van der Waals surface area contributed by atoms with Crippen molar-refractivity contribution in [2.75, 3.05) is 0 Å². The van der Waals surface area contributed by atoms with Crippen LogP contribution in [0.2, 0.25) is 0 Å². The Morgan fingerprint density at radius 2 is 2.00 bits per heavy atom.